The molecule has 0 aliphatic heterocycles. The Morgan fingerprint density at radius 3 is 2.35 bits per heavy atom. The van der Waals surface area contributed by atoms with Gasteiger partial charge in [-0.15, -0.1) is 0 Å². The van der Waals surface area contributed by atoms with E-state index in [9.17, 15) is 22.0 Å². The second kappa shape index (κ2) is 6.86. The molecule has 23 heavy (non-hydrogen) atoms. The summed E-state index contributed by atoms with van der Waals surface area (Å²) in [7, 11) is 0. The molecular weight excluding hydrogens is 427 g/mol. The van der Waals surface area contributed by atoms with E-state index in [4.69, 9.17) is 16.3 Å². The van der Waals surface area contributed by atoms with Gasteiger partial charge in [-0.3, -0.25) is 0 Å². The molecule has 2 aromatic carbocycles. The zero-order chi connectivity index (χ0) is 17.4. The molecule has 9 heteroatoms. The van der Waals surface area contributed by atoms with Crippen molar-refractivity contribution < 1.29 is 26.7 Å². The molecule has 0 bridgehead atoms. The lowest BCUT2D eigenvalue weighted by Crippen LogP contribution is -2.10. The van der Waals surface area contributed by atoms with Crippen molar-refractivity contribution in [1.29, 1.82) is 0 Å². The third kappa shape index (κ3) is 4.10. The number of benzene rings is 2. The van der Waals surface area contributed by atoms with E-state index in [1.54, 1.807) is 12.1 Å². The molecule has 0 aliphatic rings. The van der Waals surface area contributed by atoms with E-state index in [0.717, 1.165) is 0 Å². The van der Waals surface area contributed by atoms with Gasteiger partial charge >= 0.3 is 6.18 Å². The topological polar surface area (TPSA) is 9.23 Å². The first-order chi connectivity index (χ1) is 10.6. The van der Waals surface area contributed by atoms with E-state index in [2.05, 4.69) is 28.6 Å². The predicted molar refractivity (Wildman–Crippen MR) is 83.5 cm³/mol. The molecule has 0 amide bonds. The highest BCUT2D eigenvalue weighted by molar-refractivity contribution is 9.10. The van der Waals surface area contributed by atoms with Crippen LogP contribution in [0.15, 0.2) is 30.3 Å². The van der Waals surface area contributed by atoms with Crippen molar-refractivity contribution in [2.75, 3.05) is 0 Å². The largest absolute Gasteiger partial charge is 0.453 e. The number of thiol groups is 1. The summed E-state index contributed by atoms with van der Waals surface area (Å²) in [5, 5.41) is -0.692. The number of hydrogen-bond acceptors (Lipinski definition) is 2. The molecule has 124 valence electrons. The lowest BCUT2D eigenvalue weighted by molar-refractivity contribution is -0.140. The summed E-state index contributed by atoms with van der Waals surface area (Å²) in [6, 6.07) is 6.40. The van der Waals surface area contributed by atoms with E-state index in [0.29, 0.717) is 5.56 Å². The molecular formula is C14H7BrClF5OS. The summed E-state index contributed by atoms with van der Waals surface area (Å²) in [5.41, 5.74) is -1.15. The van der Waals surface area contributed by atoms with Gasteiger partial charge in [0.15, 0.2) is 11.6 Å². The van der Waals surface area contributed by atoms with Crippen LogP contribution in [0, 0.1) is 11.6 Å². The van der Waals surface area contributed by atoms with Gasteiger partial charge in [0.05, 0.1) is 14.7 Å². The smallest absolute Gasteiger partial charge is 0.419 e. The van der Waals surface area contributed by atoms with Crippen molar-refractivity contribution >= 4 is 40.2 Å². The molecule has 1 nitrogen and oxygen atoms in total. The Kier molecular flexibility index (Phi) is 5.48. The van der Waals surface area contributed by atoms with Crippen molar-refractivity contribution in [3.05, 3.63) is 58.1 Å². The summed E-state index contributed by atoms with van der Waals surface area (Å²) in [5.74, 6) is -4.63. The van der Waals surface area contributed by atoms with Crippen LogP contribution in [0.3, 0.4) is 0 Å². The fraction of sp³-hybridized carbons (Fsp3) is 0.143. The maximum Gasteiger partial charge on any atom is 0.419 e. The minimum Gasteiger partial charge on any atom is -0.453 e. The monoisotopic (exact) mass is 432 g/mol. The number of ether oxygens (including phenoxy) is 1. The number of alkyl halides is 4. The molecule has 0 saturated carbocycles. The van der Waals surface area contributed by atoms with E-state index < -0.39 is 34.1 Å². The Morgan fingerprint density at radius 1 is 1.13 bits per heavy atom. The van der Waals surface area contributed by atoms with Crippen molar-refractivity contribution in [2.45, 2.75) is 10.3 Å². The van der Waals surface area contributed by atoms with Crippen LogP contribution >= 0.6 is 40.2 Å². The van der Waals surface area contributed by atoms with Gasteiger partial charge in [0.2, 0.25) is 5.82 Å². The van der Waals surface area contributed by atoms with Crippen LogP contribution in [0.4, 0.5) is 22.0 Å². The third-order valence-corrected chi connectivity index (χ3v) is 3.88. The zero-order valence-corrected chi connectivity index (χ0v) is 14.2. The molecule has 0 aromatic heterocycles. The molecule has 0 heterocycles. The van der Waals surface area contributed by atoms with E-state index >= 15 is 0 Å². The molecule has 1 unspecified atom stereocenters. The van der Waals surface area contributed by atoms with Crippen LogP contribution in [0.1, 0.15) is 15.3 Å². The minimum atomic E-state index is -5.07. The van der Waals surface area contributed by atoms with Gasteiger partial charge in [-0.1, -0.05) is 39.7 Å². The third-order valence-electron chi connectivity index (χ3n) is 2.77. The SMILES string of the molecule is Fc1c(C(F)(F)F)cc(Cl)c(Oc2cccc(C(S)Br)c2)c1F. The lowest BCUT2D eigenvalue weighted by atomic mass is 10.2. The number of hydrogen-bond donors (Lipinski definition) is 1. The first-order valence-electron chi connectivity index (χ1n) is 5.96. The molecule has 0 spiro atoms. The normalized spacial score (nSPS) is 13.0. The van der Waals surface area contributed by atoms with Gasteiger partial charge in [-0.2, -0.15) is 30.2 Å². The Bertz CT molecular complexity index is 736. The van der Waals surface area contributed by atoms with Gasteiger partial charge in [-0.25, -0.2) is 4.39 Å². The summed E-state index contributed by atoms with van der Waals surface area (Å²) < 4.78 is 70.0. The molecule has 0 aliphatic carbocycles. The second-order valence-corrected chi connectivity index (χ2v) is 6.92. The Balaban J connectivity index is 2.45. The standard InChI is InChI=1S/C14H7BrClF5OS/c15-13(23)6-2-1-3-7(4-6)22-12-9(16)5-8(14(19,20)21)10(17)11(12)18/h1-5,13,23H. The number of halogens is 7. The average molecular weight is 434 g/mol. The molecule has 2 aromatic rings. The molecule has 0 saturated heterocycles. The van der Waals surface area contributed by atoms with E-state index in [1.807, 2.05) is 0 Å². The van der Waals surface area contributed by atoms with E-state index in [-0.39, 0.29) is 16.0 Å². The van der Waals surface area contributed by atoms with Gasteiger partial charge in [0, 0.05) is 0 Å². The van der Waals surface area contributed by atoms with E-state index in [1.165, 1.54) is 12.1 Å². The van der Waals surface area contributed by atoms with Gasteiger partial charge in [0.1, 0.15) is 5.75 Å². The molecule has 0 fully saturated rings. The van der Waals surface area contributed by atoms with Gasteiger partial charge in [-0.05, 0) is 23.8 Å². The number of rotatable bonds is 3. The highest BCUT2D eigenvalue weighted by Gasteiger charge is 2.37. The van der Waals surface area contributed by atoms with Gasteiger partial charge in [0.25, 0.3) is 0 Å². The van der Waals surface area contributed by atoms with Crippen LogP contribution in [0.2, 0.25) is 5.02 Å². The first kappa shape index (κ1) is 18.4. The van der Waals surface area contributed by atoms with Crippen LogP contribution in [-0.2, 0) is 6.18 Å². The highest BCUT2D eigenvalue weighted by atomic mass is 79.9. The lowest BCUT2D eigenvalue weighted by Gasteiger charge is -2.14. The van der Waals surface area contributed by atoms with Crippen LogP contribution < -0.4 is 4.74 Å². The van der Waals surface area contributed by atoms with Crippen LogP contribution in [-0.4, -0.2) is 0 Å². The van der Waals surface area contributed by atoms with Crippen molar-refractivity contribution in [3.8, 4) is 11.5 Å². The van der Waals surface area contributed by atoms with Crippen molar-refractivity contribution in [1.82, 2.24) is 0 Å². The van der Waals surface area contributed by atoms with Crippen molar-refractivity contribution in [2.24, 2.45) is 0 Å². The van der Waals surface area contributed by atoms with Crippen molar-refractivity contribution in [3.63, 3.8) is 0 Å². The molecule has 1 atom stereocenters. The molecule has 0 N–H and O–H groups in total. The summed E-state index contributed by atoms with van der Waals surface area (Å²) in [6.45, 7) is 0. The second-order valence-electron chi connectivity index (χ2n) is 4.37. The predicted octanol–water partition coefficient (Wildman–Crippen LogP) is 6.75. The maximum absolute atomic E-state index is 13.9. The fourth-order valence-corrected chi connectivity index (χ4v) is 2.40. The fourth-order valence-electron chi connectivity index (χ4n) is 1.72. The molecule has 0 radical (unpaired) electrons. The quantitative estimate of drug-likeness (QED) is 0.244. The first-order valence-corrected chi connectivity index (χ1v) is 7.77. The highest BCUT2D eigenvalue weighted by Crippen LogP contribution is 2.41. The summed E-state index contributed by atoms with van der Waals surface area (Å²) >= 11 is 12.9. The summed E-state index contributed by atoms with van der Waals surface area (Å²) in [4.78, 5) is 0. The Hall–Kier alpha value is -0.990. The van der Waals surface area contributed by atoms with Crippen LogP contribution in [0.25, 0.3) is 0 Å². The minimum absolute atomic E-state index is 0.0703. The zero-order valence-electron chi connectivity index (χ0n) is 11.0. The van der Waals surface area contributed by atoms with Crippen LogP contribution in [0.5, 0.6) is 11.5 Å². The summed E-state index contributed by atoms with van der Waals surface area (Å²) in [6.07, 6.45) is -5.07. The Morgan fingerprint density at radius 2 is 1.78 bits per heavy atom. The molecule has 2 rings (SSSR count). The maximum atomic E-state index is 13.9. The van der Waals surface area contributed by atoms with Gasteiger partial charge < -0.3 is 4.74 Å². The Labute approximate surface area is 146 Å². The average Bonchev–Trinajstić information content (AvgIpc) is 2.46.